The van der Waals surface area contributed by atoms with E-state index < -0.39 is 0 Å². The summed E-state index contributed by atoms with van der Waals surface area (Å²) in [6, 6.07) is 14.0. The van der Waals surface area contributed by atoms with Crippen LogP contribution in [-0.2, 0) is 0 Å². The Morgan fingerprint density at radius 3 is 2.61 bits per heavy atom. The van der Waals surface area contributed by atoms with E-state index in [0.717, 1.165) is 0 Å². The zero-order chi connectivity index (χ0) is 16.2. The Bertz CT molecular complexity index is 853. The lowest BCUT2D eigenvalue weighted by atomic mass is 10.0. The van der Waals surface area contributed by atoms with Gasteiger partial charge in [-0.2, -0.15) is 0 Å². The molecule has 23 heavy (non-hydrogen) atoms. The van der Waals surface area contributed by atoms with Crippen molar-refractivity contribution in [2.24, 2.45) is 0 Å². The molecule has 0 saturated heterocycles. The van der Waals surface area contributed by atoms with Gasteiger partial charge in [0, 0.05) is 17.3 Å². The molecule has 1 amide bonds. The van der Waals surface area contributed by atoms with Gasteiger partial charge in [0.15, 0.2) is 0 Å². The van der Waals surface area contributed by atoms with Crippen LogP contribution < -0.4 is 5.32 Å². The third kappa shape index (κ3) is 3.33. The number of aromatic nitrogens is 2. The summed E-state index contributed by atoms with van der Waals surface area (Å²) >= 11 is 12.1. The highest BCUT2D eigenvalue weighted by molar-refractivity contribution is 6.44. The summed E-state index contributed by atoms with van der Waals surface area (Å²) in [5, 5.41) is 3.47. The highest BCUT2D eigenvalue weighted by Gasteiger charge is 2.15. The molecule has 114 valence electrons. The van der Waals surface area contributed by atoms with E-state index in [9.17, 15) is 4.79 Å². The molecule has 3 aromatic rings. The third-order valence-electron chi connectivity index (χ3n) is 3.23. The topological polar surface area (TPSA) is 54.9 Å². The minimum absolute atomic E-state index is 0.289. The molecular weight excluding hydrogens is 333 g/mol. The van der Waals surface area contributed by atoms with Crippen LogP contribution in [0.15, 0.2) is 61.1 Å². The minimum atomic E-state index is -0.289. The maximum atomic E-state index is 12.6. The molecule has 0 aliphatic rings. The number of hydrogen-bond donors (Lipinski definition) is 1. The van der Waals surface area contributed by atoms with Gasteiger partial charge in [0.05, 0.1) is 21.4 Å². The molecule has 0 atom stereocenters. The molecule has 0 bridgehead atoms. The first kappa shape index (κ1) is 15.5. The van der Waals surface area contributed by atoms with Crippen molar-refractivity contribution < 1.29 is 4.79 Å². The van der Waals surface area contributed by atoms with Crippen LogP contribution in [0.2, 0.25) is 10.0 Å². The average Bonchev–Trinajstić information content (AvgIpc) is 2.60. The van der Waals surface area contributed by atoms with E-state index in [1.54, 1.807) is 42.6 Å². The average molecular weight is 344 g/mol. The third-order valence-corrected chi connectivity index (χ3v) is 4.05. The van der Waals surface area contributed by atoms with E-state index in [0.29, 0.717) is 32.6 Å². The summed E-state index contributed by atoms with van der Waals surface area (Å²) in [6.45, 7) is 0. The number of anilines is 1. The second-order valence-corrected chi connectivity index (χ2v) is 5.48. The van der Waals surface area contributed by atoms with Crippen molar-refractivity contribution in [2.45, 2.75) is 0 Å². The minimum Gasteiger partial charge on any atom is -0.321 e. The van der Waals surface area contributed by atoms with Crippen molar-refractivity contribution in [3.63, 3.8) is 0 Å². The smallest absolute Gasteiger partial charge is 0.256 e. The van der Waals surface area contributed by atoms with Gasteiger partial charge < -0.3 is 5.32 Å². The number of benzene rings is 2. The lowest BCUT2D eigenvalue weighted by Crippen LogP contribution is -2.13. The van der Waals surface area contributed by atoms with Crippen LogP contribution in [0.1, 0.15) is 10.4 Å². The number of nitrogens with one attached hydrogen (secondary N) is 1. The Morgan fingerprint density at radius 2 is 1.83 bits per heavy atom. The van der Waals surface area contributed by atoms with E-state index in [4.69, 9.17) is 23.2 Å². The zero-order valence-electron chi connectivity index (χ0n) is 11.8. The van der Waals surface area contributed by atoms with Gasteiger partial charge in [0.1, 0.15) is 6.33 Å². The molecule has 2 aromatic carbocycles. The van der Waals surface area contributed by atoms with Gasteiger partial charge in [-0.05, 0) is 24.3 Å². The molecule has 6 heteroatoms. The first-order chi connectivity index (χ1) is 11.2. The Morgan fingerprint density at radius 1 is 1.00 bits per heavy atom. The fraction of sp³-hybridized carbons (Fsp3) is 0. The van der Waals surface area contributed by atoms with Gasteiger partial charge in [-0.3, -0.25) is 4.79 Å². The number of carbonyl (C=O) groups is 1. The molecule has 1 aromatic heterocycles. The molecule has 0 aliphatic heterocycles. The zero-order valence-corrected chi connectivity index (χ0v) is 13.3. The number of halogens is 2. The van der Waals surface area contributed by atoms with Crippen LogP contribution >= 0.6 is 23.2 Å². The molecule has 0 saturated carbocycles. The van der Waals surface area contributed by atoms with Crippen molar-refractivity contribution in [1.29, 1.82) is 0 Å². The second kappa shape index (κ2) is 6.77. The summed E-state index contributed by atoms with van der Waals surface area (Å²) in [5.74, 6) is -0.289. The lowest BCUT2D eigenvalue weighted by molar-refractivity contribution is 0.102. The van der Waals surface area contributed by atoms with Crippen LogP contribution in [0.3, 0.4) is 0 Å². The lowest BCUT2D eigenvalue weighted by Gasteiger charge is -2.11. The van der Waals surface area contributed by atoms with Crippen LogP contribution in [0.4, 0.5) is 5.69 Å². The van der Waals surface area contributed by atoms with Crippen molar-refractivity contribution >= 4 is 34.8 Å². The fourth-order valence-corrected chi connectivity index (χ4v) is 2.49. The second-order valence-electron chi connectivity index (χ2n) is 4.70. The Balaban J connectivity index is 1.96. The van der Waals surface area contributed by atoms with E-state index in [2.05, 4.69) is 15.3 Å². The molecule has 0 unspecified atom stereocenters. The van der Waals surface area contributed by atoms with Gasteiger partial charge >= 0.3 is 0 Å². The Kier molecular flexibility index (Phi) is 4.55. The first-order valence-electron chi connectivity index (χ1n) is 6.77. The summed E-state index contributed by atoms with van der Waals surface area (Å²) in [4.78, 5) is 20.7. The quantitative estimate of drug-likeness (QED) is 0.749. The van der Waals surface area contributed by atoms with E-state index in [1.165, 1.54) is 6.33 Å². The Hall–Kier alpha value is -2.43. The van der Waals surface area contributed by atoms with Gasteiger partial charge in [-0.25, -0.2) is 9.97 Å². The van der Waals surface area contributed by atoms with Gasteiger partial charge in [0.25, 0.3) is 5.91 Å². The molecule has 0 fully saturated rings. The molecule has 0 aliphatic carbocycles. The Labute approximate surface area is 143 Å². The fourth-order valence-electron chi connectivity index (χ4n) is 2.14. The predicted octanol–water partition coefficient (Wildman–Crippen LogP) is 4.70. The number of nitrogens with zero attached hydrogens (tertiary/aromatic N) is 2. The van der Waals surface area contributed by atoms with Crippen LogP contribution in [0.5, 0.6) is 0 Å². The molecule has 1 heterocycles. The monoisotopic (exact) mass is 343 g/mol. The van der Waals surface area contributed by atoms with Crippen molar-refractivity contribution in [1.82, 2.24) is 9.97 Å². The SMILES string of the molecule is O=C(Nc1cccc(Cl)c1Cl)c1ccccc1-c1ccncn1. The summed E-state index contributed by atoms with van der Waals surface area (Å²) in [7, 11) is 0. The van der Waals surface area contributed by atoms with Gasteiger partial charge in [-0.15, -0.1) is 0 Å². The first-order valence-corrected chi connectivity index (χ1v) is 7.53. The van der Waals surface area contributed by atoms with Gasteiger partial charge in [-0.1, -0.05) is 47.5 Å². The number of amides is 1. The maximum Gasteiger partial charge on any atom is 0.256 e. The van der Waals surface area contributed by atoms with E-state index in [-0.39, 0.29) is 5.91 Å². The maximum absolute atomic E-state index is 12.6. The number of carbonyl (C=O) groups excluding carboxylic acids is 1. The molecule has 3 rings (SSSR count). The van der Waals surface area contributed by atoms with Crippen LogP contribution in [-0.4, -0.2) is 15.9 Å². The summed E-state index contributed by atoms with van der Waals surface area (Å²) in [5.41, 5.74) is 2.33. The van der Waals surface area contributed by atoms with E-state index in [1.807, 2.05) is 12.1 Å². The number of rotatable bonds is 3. The summed E-state index contributed by atoms with van der Waals surface area (Å²) in [6.07, 6.45) is 3.07. The molecule has 0 radical (unpaired) electrons. The largest absolute Gasteiger partial charge is 0.321 e. The molecular formula is C17H11Cl2N3O. The van der Waals surface area contributed by atoms with Crippen molar-refractivity contribution in [3.8, 4) is 11.3 Å². The molecule has 1 N–H and O–H groups in total. The molecule has 4 nitrogen and oxygen atoms in total. The highest BCUT2D eigenvalue weighted by atomic mass is 35.5. The summed E-state index contributed by atoms with van der Waals surface area (Å²) < 4.78 is 0. The van der Waals surface area contributed by atoms with Crippen LogP contribution in [0, 0.1) is 0 Å². The van der Waals surface area contributed by atoms with E-state index >= 15 is 0 Å². The standard InChI is InChI=1S/C17H11Cl2N3O/c18-13-6-3-7-15(16(13)19)22-17(23)12-5-2-1-4-11(12)14-8-9-20-10-21-14/h1-10H,(H,22,23). The van der Waals surface area contributed by atoms with Crippen LogP contribution in [0.25, 0.3) is 11.3 Å². The molecule has 0 spiro atoms. The van der Waals surface area contributed by atoms with Crippen molar-refractivity contribution in [3.05, 3.63) is 76.7 Å². The van der Waals surface area contributed by atoms with Gasteiger partial charge in [0.2, 0.25) is 0 Å². The highest BCUT2D eigenvalue weighted by Crippen LogP contribution is 2.30. The normalized spacial score (nSPS) is 10.3. The predicted molar refractivity (Wildman–Crippen MR) is 91.9 cm³/mol. The number of hydrogen-bond acceptors (Lipinski definition) is 3. The van der Waals surface area contributed by atoms with Crippen molar-refractivity contribution in [2.75, 3.05) is 5.32 Å².